The lowest BCUT2D eigenvalue weighted by Gasteiger charge is -1.83. The summed E-state index contributed by atoms with van der Waals surface area (Å²) < 4.78 is 9.15. The van der Waals surface area contributed by atoms with Crippen LogP contribution in [0.2, 0.25) is 5.22 Å². The molecule has 0 unspecified atom stereocenters. The van der Waals surface area contributed by atoms with Gasteiger partial charge in [0.2, 0.25) is 0 Å². The SMILES string of the molecule is COC(=O)C#Cc1ccc(Cl)o1. The smallest absolute Gasteiger partial charge is 0.384 e. The normalized spacial score (nSPS) is 8.50. The molecule has 0 saturated heterocycles. The summed E-state index contributed by atoms with van der Waals surface area (Å²) >= 11 is 5.46. The van der Waals surface area contributed by atoms with Gasteiger partial charge in [-0.2, -0.15) is 0 Å². The molecule has 1 rings (SSSR count). The molecule has 1 heterocycles. The standard InChI is InChI=1S/C8H5ClO3/c1-11-8(10)5-3-6-2-4-7(9)12-6/h2,4H,1H3. The molecule has 0 aliphatic carbocycles. The topological polar surface area (TPSA) is 39.4 Å². The number of halogens is 1. The minimum Gasteiger partial charge on any atom is -0.459 e. The first-order valence-electron chi connectivity index (χ1n) is 3.07. The average molecular weight is 185 g/mol. The minimum atomic E-state index is -0.609. The molecule has 0 saturated carbocycles. The summed E-state index contributed by atoms with van der Waals surface area (Å²) in [5, 5.41) is 0.240. The number of furan rings is 1. The number of esters is 1. The Bertz CT molecular complexity index is 343. The van der Waals surface area contributed by atoms with E-state index in [1.807, 2.05) is 0 Å². The maximum Gasteiger partial charge on any atom is 0.384 e. The second-order valence-corrected chi connectivity index (χ2v) is 2.22. The first-order valence-corrected chi connectivity index (χ1v) is 3.45. The highest BCUT2D eigenvalue weighted by Crippen LogP contribution is 2.11. The van der Waals surface area contributed by atoms with Gasteiger partial charge in [-0.25, -0.2) is 4.79 Å². The molecule has 1 aromatic rings. The Morgan fingerprint density at radius 2 is 2.42 bits per heavy atom. The first kappa shape index (κ1) is 8.69. The molecule has 4 heteroatoms. The third-order valence-corrected chi connectivity index (χ3v) is 1.25. The highest BCUT2D eigenvalue weighted by Gasteiger charge is 1.95. The fourth-order valence-electron chi connectivity index (χ4n) is 0.545. The van der Waals surface area contributed by atoms with Crippen molar-refractivity contribution in [2.24, 2.45) is 0 Å². The van der Waals surface area contributed by atoms with Crippen LogP contribution in [0.25, 0.3) is 0 Å². The van der Waals surface area contributed by atoms with E-state index in [0.29, 0.717) is 5.76 Å². The van der Waals surface area contributed by atoms with Gasteiger partial charge < -0.3 is 9.15 Å². The summed E-state index contributed by atoms with van der Waals surface area (Å²) in [4.78, 5) is 10.5. The van der Waals surface area contributed by atoms with Crippen molar-refractivity contribution in [3.8, 4) is 11.8 Å². The zero-order valence-electron chi connectivity index (χ0n) is 6.26. The van der Waals surface area contributed by atoms with E-state index in [1.54, 1.807) is 12.1 Å². The van der Waals surface area contributed by atoms with E-state index < -0.39 is 5.97 Å². The van der Waals surface area contributed by atoms with Crippen molar-refractivity contribution < 1.29 is 13.9 Å². The van der Waals surface area contributed by atoms with E-state index in [-0.39, 0.29) is 5.22 Å². The van der Waals surface area contributed by atoms with Crippen molar-refractivity contribution in [2.75, 3.05) is 7.11 Å². The molecular weight excluding hydrogens is 180 g/mol. The van der Waals surface area contributed by atoms with Crippen LogP contribution in [0.15, 0.2) is 16.5 Å². The fourth-order valence-corrected chi connectivity index (χ4v) is 0.691. The number of carbonyl (C=O) groups excluding carboxylic acids is 1. The van der Waals surface area contributed by atoms with Gasteiger partial charge in [0.05, 0.1) is 7.11 Å². The molecule has 0 atom stereocenters. The Labute approximate surface area is 74.3 Å². The van der Waals surface area contributed by atoms with Crippen LogP contribution < -0.4 is 0 Å². The Morgan fingerprint density at radius 1 is 1.67 bits per heavy atom. The summed E-state index contributed by atoms with van der Waals surface area (Å²) in [6.45, 7) is 0. The van der Waals surface area contributed by atoms with Gasteiger partial charge in [0.15, 0.2) is 11.0 Å². The monoisotopic (exact) mass is 184 g/mol. The molecule has 0 radical (unpaired) electrons. The van der Waals surface area contributed by atoms with Gasteiger partial charge in [-0.15, -0.1) is 0 Å². The van der Waals surface area contributed by atoms with Crippen LogP contribution in [0.1, 0.15) is 5.76 Å². The first-order chi connectivity index (χ1) is 5.72. The zero-order chi connectivity index (χ0) is 8.97. The third kappa shape index (κ3) is 2.33. The van der Waals surface area contributed by atoms with Gasteiger partial charge in [-0.05, 0) is 29.7 Å². The molecule has 0 spiro atoms. The molecule has 0 bridgehead atoms. The van der Waals surface area contributed by atoms with Crippen LogP contribution in [-0.2, 0) is 9.53 Å². The fraction of sp³-hybridized carbons (Fsp3) is 0.125. The van der Waals surface area contributed by atoms with Gasteiger partial charge in [0.1, 0.15) is 0 Å². The Kier molecular flexibility index (Phi) is 2.78. The molecule has 0 aromatic carbocycles. The van der Waals surface area contributed by atoms with Crippen molar-refractivity contribution in [1.29, 1.82) is 0 Å². The van der Waals surface area contributed by atoms with Gasteiger partial charge in [0, 0.05) is 5.92 Å². The van der Waals surface area contributed by atoms with Crippen LogP contribution in [0, 0.1) is 11.8 Å². The second-order valence-electron chi connectivity index (χ2n) is 1.85. The highest BCUT2D eigenvalue weighted by atomic mass is 35.5. The Hall–Kier alpha value is -1.40. The van der Waals surface area contributed by atoms with Crippen molar-refractivity contribution in [3.05, 3.63) is 23.1 Å². The zero-order valence-corrected chi connectivity index (χ0v) is 7.01. The number of ether oxygens (including phenoxy) is 1. The van der Waals surface area contributed by atoms with E-state index in [9.17, 15) is 4.79 Å². The summed E-state index contributed by atoms with van der Waals surface area (Å²) in [7, 11) is 1.26. The van der Waals surface area contributed by atoms with Crippen molar-refractivity contribution in [3.63, 3.8) is 0 Å². The van der Waals surface area contributed by atoms with Gasteiger partial charge in [-0.3, -0.25) is 0 Å². The van der Waals surface area contributed by atoms with Crippen LogP contribution >= 0.6 is 11.6 Å². The second kappa shape index (κ2) is 3.84. The maximum atomic E-state index is 10.5. The lowest BCUT2D eigenvalue weighted by Crippen LogP contribution is -1.94. The minimum absolute atomic E-state index is 0.240. The van der Waals surface area contributed by atoms with Crippen LogP contribution in [0.5, 0.6) is 0 Å². The summed E-state index contributed by atoms with van der Waals surface area (Å²) in [5.74, 6) is 4.37. The van der Waals surface area contributed by atoms with Gasteiger partial charge >= 0.3 is 5.97 Å². The lowest BCUT2D eigenvalue weighted by molar-refractivity contribution is -0.133. The molecule has 1 aromatic heterocycles. The molecule has 0 amide bonds. The maximum absolute atomic E-state index is 10.5. The summed E-state index contributed by atoms with van der Waals surface area (Å²) in [5.41, 5.74) is 0. The van der Waals surface area contributed by atoms with Gasteiger partial charge in [-0.1, -0.05) is 0 Å². The van der Waals surface area contributed by atoms with Gasteiger partial charge in [0.25, 0.3) is 0 Å². The van der Waals surface area contributed by atoms with Crippen molar-refractivity contribution in [2.45, 2.75) is 0 Å². The molecule has 3 nitrogen and oxygen atoms in total. The summed E-state index contributed by atoms with van der Waals surface area (Å²) in [6, 6.07) is 3.11. The Balaban J connectivity index is 2.73. The predicted molar refractivity (Wildman–Crippen MR) is 42.6 cm³/mol. The van der Waals surface area contributed by atoms with Crippen LogP contribution in [0.3, 0.4) is 0 Å². The number of carbonyl (C=O) groups is 1. The van der Waals surface area contributed by atoms with E-state index in [0.717, 1.165) is 0 Å². The van der Waals surface area contributed by atoms with E-state index >= 15 is 0 Å². The van der Waals surface area contributed by atoms with Crippen LogP contribution in [-0.4, -0.2) is 13.1 Å². The molecule has 12 heavy (non-hydrogen) atoms. The molecule has 0 aliphatic heterocycles. The number of rotatable bonds is 0. The molecule has 0 N–H and O–H groups in total. The molecule has 0 aliphatic rings. The van der Waals surface area contributed by atoms with Crippen molar-refractivity contribution in [1.82, 2.24) is 0 Å². The molecule has 62 valence electrons. The quantitative estimate of drug-likeness (QED) is 0.453. The molecule has 0 fully saturated rings. The third-order valence-electron chi connectivity index (χ3n) is 1.05. The Morgan fingerprint density at radius 3 is 2.92 bits per heavy atom. The number of hydrogen-bond acceptors (Lipinski definition) is 3. The molecular formula is C8H5ClO3. The van der Waals surface area contributed by atoms with E-state index in [2.05, 4.69) is 16.6 Å². The van der Waals surface area contributed by atoms with E-state index in [4.69, 9.17) is 16.0 Å². The van der Waals surface area contributed by atoms with Crippen molar-refractivity contribution >= 4 is 17.6 Å². The average Bonchev–Trinajstić information content (AvgIpc) is 2.47. The number of methoxy groups -OCH3 is 1. The highest BCUT2D eigenvalue weighted by molar-refractivity contribution is 6.28. The van der Waals surface area contributed by atoms with Crippen LogP contribution in [0.4, 0.5) is 0 Å². The lowest BCUT2D eigenvalue weighted by atomic mass is 10.4. The summed E-state index contributed by atoms with van der Waals surface area (Å²) in [6.07, 6.45) is 0. The van der Waals surface area contributed by atoms with E-state index in [1.165, 1.54) is 7.11 Å². The largest absolute Gasteiger partial charge is 0.459 e. The number of hydrogen-bond donors (Lipinski definition) is 0. The predicted octanol–water partition coefficient (Wildman–Crippen LogP) is 1.46.